The molecular weight excluding hydrogens is 411 g/mol. The summed E-state index contributed by atoms with van der Waals surface area (Å²) in [6, 6.07) is 6.02. The van der Waals surface area contributed by atoms with Gasteiger partial charge in [0.1, 0.15) is 18.7 Å². The second kappa shape index (κ2) is 9.44. The molecule has 7 nitrogen and oxygen atoms in total. The number of fused-ring (bicyclic) bond motifs is 1. The molecule has 0 amide bonds. The SMILES string of the molecule is COCCOc1cccc(CN2CCC[C@@H]([C@@H]3C[C@H](C(F)(F)F)n4ncnc4N3)C2)c1. The Bertz CT molecular complexity index is 860. The number of benzene rings is 1. The van der Waals surface area contributed by atoms with Crippen molar-refractivity contribution in [2.75, 3.05) is 38.7 Å². The third-order valence-electron chi connectivity index (χ3n) is 6.01. The lowest BCUT2D eigenvalue weighted by Crippen LogP contribution is -2.47. The van der Waals surface area contributed by atoms with Gasteiger partial charge in [0.25, 0.3) is 0 Å². The van der Waals surface area contributed by atoms with Crippen molar-refractivity contribution in [3.63, 3.8) is 0 Å². The normalized spacial score (nSPS) is 24.5. The molecule has 3 atom stereocenters. The molecule has 10 heteroatoms. The molecule has 1 fully saturated rings. The van der Waals surface area contributed by atoms with Gasteiger partial charge in [0.15, 0.2) is 6.04 Å². The Morgan fingerprint density at radius 3 is 2.94 bits per heavy atom. The van der Waals surface area contributed by atoms with E-state index in [0.717, 1.165) is 48.5 Å². The van der Waals surface area contributed by atoms with Crippen LogP contribution in [0, 0.1) is 5.92 Å². The molecule has 170 valence electrons. The third kappa shape index (κ3) is 5.30. The molecule has 0 radical (unpaired) electrons. The second-order valence-electron chi connectivity index (χ2n) is 8.20. The van der Waals surface area contributed by atoms with Gasteiger partial charge >= 0.3 is 6.18 Å². The Morgan fingerprint density at radius 2 is 2.13 bits per heavy atom. The zero-order chi connectivity index (χ0) is 21.8. The van der Waals surface area contributed by atoms with Crippen LogP contribution >= 0.6 is 0 Å². The lowest BCUT2D eigenvalue weighted by atomic mass is 9.86. The van der Waals surface area contributed by atoms with E-state index in [1.54, 1.807) is 7.11 Å². The highest BCUT2D eigenvalue weighted by atomic mass is 19.4. The first kappa shape index (κ1) is 21.9. The predicted octanol–water partition coefficient (Wildman–Crippen LogP) is 3.50. The van der Waals surface area contributed by atoms with Gasteiger partial charge in [-0.1, -0.05) is 12.1 Å². The molecule has 1 aromatic carbocycles. The average molecular weight is 439 g/mol. The lowest BCUT2D eigenvalue weighted by Gasteiger charge is -2.41. The van der Waals surface area contributed by atoms with Crippen LogP contribution in [-0.4, -0.2) is 65.3 Å². The van der Waals surface area contributed by atoms with Gasteiger partial charge in [0.05, 0.1) is 6.61 Å². The van der Waals surface area contributed by atoms with Crippen LogP contribution < -0.4 is 10.1 Å². The summed E-state index contributed by atoms with van der Waals surface area (Å²) in [6.45, 7) is 3.43. The van der Waals surface area contributed by atoms with E-state index in [0.29, 0.717) is 13.2 Å². The van der Waals surface area contributed by atoms with Gasteiger partial charge in [-0.2, -0.15) is 23.3 Å². The molecule has 31 heavy (non-hydrogen) atoms. The van der Waals surface area contributed by atoms with Crippen LogP contribution in [0.1, 0.15) is 30.9 Å². The molecule has 2 aliphatic rings. The van der Waals surface area contributed by atoms with Crippen LogP contribution in [0.15, 0.2) is 30.6 Å². The minimum absolute atomic E-state index is 0.0266. The van der Waals surface area contributed by atoms with Crippen LogP contribution in [0.2, 0.25) is 0 Å². The first-order chi connectivity index (χ1) is 14.9. The molecule has 3 heterocycles. The van der Waals surface area contributed by atoms with Crippen molar-refractivity contribution in [2.24, 2.45) is 5.92 Å². The number of methoxy groups -OCH3 is 1. The summed E-state index contributed by atoms with van der Waals surface area (Å²) in [5.74, 6) is 1.12. The molecule has 4 rings (SSSR count). The van der Waals surface area contributed by atoms with E-state index < -0.39 is 12.2 Å². The standard InChI is InChI=1S/C21H28F3N5O2/c1-30-8-9-31-17-6-2-4-15(10-17)12-28-7-3-5-16(13-28)18-11-19(21(22,23)24)29-20(27-18)25-14-26-29/h2,4,6,10,14,16,18-19H,3,5,7-9,11-13H2,1H3,(H,25,26,27)/t16-,18+,19-/m1/s1. The van der Waals surface area contributed by atoms with E-state index in [-0.39, 0.29) is 24.3 Å². The Morgan fingerprint density at radius 1 is 1.26 bits per heavy atom. The van der Waals surface area contributed by atoms with Crippen molar-refractivity contribution in [2.45, 2.75) is 44.1 Å². The van der Waals surface area contributed by atoms with E-state index >= 15 is 0 Å². The van der Waals surface area contributed by atoms with Crippen LogP contribution in [0.3, 0.4) is 0 Å². The molecule has 0 bridgehead atoms. The molecule has 0 aliphatic carbocycles. The number of rotatable bonds is 7. The third-order valence-corrected chi connectivity index (χ3v) is 6.01. The first-order valence-corrected chi connectivity index (χ1v) is 10.6. The first-order valence-electron chi connectivity index (χ1n) is 10.6. The minimum Gasteiger partial charge on any atom is -0.491 e. The fourth-order valence-electron chi connectivity index (χ4n) is 4.53. The zero-order valence-corrected chi connectivity index (χ0v) is 17.5. The van der Waals surface area contributed by atoms with Gasteiger partial charge in [-0.15, -0.1) is 0 Å². The summed E-state index contributed by atoms with van der Waals surface area (Å²) in [6.07, 6.45) is -1.34. The molecule has 2 aliphatic heterocycles. The highest BCUT2D eigenvalue weighted by Gasteiger charge is 2.48. The number of hydrogen-bond donors (Lipinski definition) is 1. The number of alkyl halides is 3. The number of likely N-dealkylation sites (tertiary alicyclic amines) is 1. The van der Waals surface area contributed by atoms with Gasteiger partial charge in [0, 0.05) is 26.2 Å². The number of nitrogens with zero attached hydrogens (tertiary/aromatic N) is 4. The fourth-order valence-corrected chi connectivity index (χ4v) is 4.53. The topological polar surface area (TPSA) is 64.4 Å². The number of aromatic nitrogens is 3. The summed E-state index contributed by atoms with van der Waals surface area (Å²) in [5, 5.41) is 6.98. The zero-order valence-electron chi connectivity index (χ0n) is 17.5. The fraction of sp³-hybridized carbons (Fsp3) is 0.619. The van der Waals surface area contributed by atoms with Crippen molar-refractivity contribution in [3.05, 3.63) is 36.2 Å². The van der Waals surface area contributed by atoms with Crippen molar-refractivity contribution in [3.8, 4) is 5.75 Å². The summed E-state index contributed by atoms with van der Waals surface area (Å²) in [5.41, 5.74) is 1.13. The van der Waals surface area contributed by atoms with Gasteiger partial charge in [0.2, 0.25) is 5.95 Å². The molecule has 1 aromatic heterocycles. The van der Waals surface area contributed by atoms with Gasteiger partial charge < -0.3 is 14.8 Å². The molecule has 0 spiro atoms. The summed E-state index contributed by atoms with van der Waals surface area (Å²) >= 11 is 0. The predicted molar refractivity (Wildman–Crippen MR) is 109 cm³/mol. The Hall–Kier alpha value is -2.33. The van der Waals surface area contributed by atoms with Crippen LogP contribution in [-0.2, 0) is 11.3 Å². The quantitative estimate of drug-likeness (QED) is 0.667. The average Bonchev–Trinajstić information content (AvgIpc) is 3.22. The maximum absolute atomic E-state index is 13.6. The molecular formula is C21H28F3N5O2. The van der Waals surface area contributed by atoms with E-state index in [1.165, 1.54) is 6.33 Å². The monoisotopic (exact) mass is 439 g/mol. The number of ether oxygens (including phenoxy) is 2. The van der Waals surface area contributed by atoms with E-state index in [1.807, 2.05) is 24.3 Å². The van der Waals surface area contributed by atoms with Crippen molar-refractivity contribution >= 4 is 5.95 Å². The number of nitrogens with one attached hydrogen (secondary N) is 1. The number of hydrogen-bond acceptors (Lipinski definition) is 6. The highest BCUT2D eigenvalue weighted by Crippen LogP contribution is 2.41. The Balaban J connectivity index is 1.40. The summed E-state index contributed by atoms with van der Waals surface area (Å²) in [7, 11) is 1.63. The molecule has 0 unspecified atom stereocenters. The summed E-state index contributed by atoms with van der Waals surface area (Å²) < 4.78 is 52.5. The number of anilines is 1. The van der Waals surface area contributed by atoms with Gasteiger partial charge in [-0.25, -0.2) is 4.68 Å². The van der Waals surface area contributed by atoms with Crippen molar-refractivity contribution < 1.29 is 22.6 Å². The molecule has 1 saturated heterocycles. The second-order valence-corrected chi connectivity index (χ2v) is 8.20. The van der Waals surface area contributed by atoms with Crippen LogP contribution in [0.25, 0.3) is 0 Å². The maximum Gasteiger partial charge on any atom is 0.411 e. The van der Waals surface area contributed by atoms with Gasteiger partial charge in [-0.3, -0.25) is 4.90 Å². The van der Waals surface area contributed by atoms with E-state index in [2.05, 4.69) is 20.3 Å². The Labute approximate surface area is 179 Å². The molecule has 0 saturated carbocycles. The summed E-state index contributed by atoms with van der Waals surface area (Å²) in [4.78, 5) is 6.31. The van der Waals surface area contributed by atoms with Gasteiger partial charge in [-0.05, 0) is 49.4 Å². The minimum atomic E-state index is -4.35. The van der Waals surface area contributed by atoms with E-state index in [4.69, 9.17) is 9.47 Å². The van der Waals surface area contributed by atoms with E-state index in [9.17, 15) is 13.2 Å². The van der Waals surface area contributed by atoms with Crippen LogP contribution in [0.4, 0.5) is 19.1 Å². The smallest absolute Gasteiger partial charge is 0.411 e. The largest absolute Gasteiger partial charge is 0.491 e. The maximum atomic E-state index is 13.6. The molecule has 1 N–H and O–H groups in total. The van der Waals surface area contributed by atoms with Crippen molar-refractivity contribution in [1.82, 2.24) is 19.7 Å². The number of piperidine rings is 1. The van der Waals surface area contributed by atoms with Crippen molar-refractivity contribution in [1.29, 1.82) is 0 Å². The van der Waals surface area contributed by atoms with Crippen LogP contribution in [0.5, 0.6) is 5.75 Å². The lowest BCUT2D eigenvalue weighted by molar-refractivity contribution is -0.174. The molecule has 2 aromatic rings. The highest BCUT2D eigenvalue weighted by molar-refractivity contribution is 5.30. The Kier molecular flexibility index (Phi) is 6.66. The number of halogens is 3.